The van der Waals surface area contributed by atoms with Crippen molar-refractivity contribution >= 4 is 37.7 Å². The molecule has 0 aliphatic heterocycles. The summed E-state index contributed by atoms with van der Waals surface area (Å²) in [6, 6.07) is 10.7. The third-order valence-electron chi connectivity index (χ3n) is 2.60. The van der Waals surface area contributed by atoms with E-state index in [1.165, 1.54) is 0 Å². The van der Waals surface area contributed by atoms with Crippen LogP contribution in [0.25, 0.3) is 0 Å². The van der Waals surface area contributed by atoms with Gasteiger partial charge in [-0.3, -0.25) is 5.41 Å². The van der Waals surface area contributed by atoms with Crippen molar-refractivity contribution in [3.63, 3.8) is 0 Å². The fourth-order valence-corrected chi connectivity index (χ4v) is 2.46. The summed E-state index contributed by atoms with van der Waals surface area (Å²) in [5, 5.41) is 7.34. The minimum Gasteiger partial charge on any atom is -0.496 e. The fourth-order valence-electron chi connectivity index (χ4n) is 1.57. The number of nitrogens with two attached hydrogens (primary N) is 1. The van der Waals surface area contributed by atoms with Gasteiger partial charge in [0.1, 0.15) is 23.1 Å². The molecule has 0 saturated carbocycles. The van der Waals surface area contributed by atoms with E-state index in [0.29, 0.717) is 17.1 Å². The van der Waals surface area contributed by atoms with Crippen LogP contribution < -0.4 is 15.2 Å². The van der Waals surface area contributed by atoms with Crippen molar-refractivity contribution in [1.29, 1.82) is 5.41 Å². The lowest BCUT2D eigenvalue weighted by molar-refractivity contribution is 0.409. The summed E-state index contributed by atoms with van der Waals surface area (Å²) in [5.74, 6) is 2.07. The van der Waals surface area contributed by atoms with Crippen molar-refractivity contribution in [2.24, 2.45) is 5.73 Å². The van der Waals surface area contributed by atoms with Gasteiger partial charge in [0.2, 0.25) is 0 Å². The molecule has 4 nitrogen and oxygen atoms in total. The Balaban J connectivity index is 2.25. The molecule has 0 fully saturated rings. The van der Waals surface area contributed by atoms with Gasteiger partial charge in [-0.25, -0.2) is 0 Å². The van der Waals surface area contributed by atoms with Crippen molar-refractivity contribution in [1.82, 2.24) is 0 Å². The Morgan fingerprint density at radius 1 is 1.05 bits per heavy atom. The Kier molecular flexibility index (Phi) is 4.67. The zero-order valence-electron chi connectivity index (χ0n) is 10.6. The molecule has 6 heteroatoms. The maximum atomic E-state index is 7.34. The van der Waals surface area contributed by atoms with Crippen LogP contribution in [-0.2, 0) is 0 Å². The van der Waals surface area contributed by atoms with Gasteiger partial charge in [-0.05, 0) is 68.3 Å². The molecule has 2 rings (SSSR count). The van der Waals surface area contributed by atoms with Crippen LogP contribution in [0, 0.1) is 5.41 Å². The van der Waals surface area contributed by atoms with E-state index in [-0.39, 0.29) is 5.84 Å². The van der Waals surface area contributed by atoms with Crippen molar-refractivity contribution in [3.8, 4) is 17.2 Å². The van der Waals surface area contributed by atoms with Crippen molar-refractivity contribution in [2.75, 3.05) is 7.11 Å². The summed E-state index contributed by atoms with van der Waals surface area (Å²) >= 11 is 6.85. The van der Waals surface area contributed by atoms with Crippen LogP contribution in [0.15, 0.2) is 45.3 Å². The smallest absolute Gasteiger partial charge is 0.143 e. The van der Waals surface area contributed by atoms with Crippen LogP contribution in [0.5, 0.6) is 17.2 Å². The number of methoxy groups -OCH3 is 1. The van der Waals surface area contributed by atoms with Crippen LogP contribution in [0.4, 0.5) is 0 Å². The summed E-state index contributed by atoms with van der Waals surface area (Å²) in [6.07, 6.45) is 0. The van der Waals surface area contributed by atoms with Gasteiger partial charge in [0.15, 0.2) is 0 Å². The minimum absolute atomic E-state index is 0.0323. The molecule has 0 aromatic heterocycles. The average Bonchev–Trinajstić information content (AvgIpc) is 2.43. The Labute approximate surface area is 133 Å². The number of nitrogens with one attached hydrogen (secondary N) is 1. The van der Waals surface area contributed by atoms with Gasteiger partial charge < -0.3 is 15.2 Å². The normalized spacial score (nSPS) is 10.2. The number of halogens is 2. The van der Waals surface area contributed by atoms with Crippen LogP contribution in [0.1, 0.15) is 5.56 Å². The molecule has 104 valence electrons. The zero-order valence-corrected chi connectivity index (χ0v) is 13.8. The lowest BCUT2D eigenvalue weighted by Gasteiger charge is -2.11. The summed E-state index contributed by atoms with van der Waals surface area (Å²) in [6.45, 7) is 0. The Morgan fingerprint density at radius 2 is 1.60 bits per heavy atom. The molecule has 3 N–H and O–H groups in total. The fraction of sp³-hybridized carbons (Fsp3) is 0.0714. The van der Waals surface area contributed by atoms with E-state index in [9.17, 15) is 0 Å². The monoisotopic (exact) mass is 398 g/mol. The molecule has 0 heterocycles. The van der Waals surface area contributed by atoms with Crippen LogP contribution in [-0.4, -0.2) is 12.9 Å². The summed E-state index contributed by atoms with van der Waals surface area (Å²) < 4.78 is 12.6. The lowest BCUT2D eigenvalue weighted by atomic mass is 10.2. The van der Waals surface area contributed by atoms with Crippen molar-refractivity contribution in [3.05, 3.63) is 50.9 Å². The van der Waals surface area contributed by atoms with Gasteiger partial charge in [0.25, 0.3) is 0 Å². The molecule has 0 amide bonds. The van der Waals surface area contributed by atoms with E-state index in [1.54, 1.807) is 31.4 Å². The van der Waals surface area contributed by atoms with Crippen LogP contribution in [0.3, 0.4) is 0 Å². The van der Waals surface area contributed by atoms with Gasteiger partial charge in [0, 0.05) is 5.56 Å². The van der Waals surface area contributed by atoms with Crippen molar-refractivity contribution in [2.45, 2.75) is 0 Å². The first-order valence-electron chi connectivity index (χ1n) is 5.66. The van der Waals surface area contributed by atoms with E-state index in [2.05, 4.69) is 31.9 Å². The Hall–Kier alpha value is -1.53. The summed E-state index contributed by atoms with van der Waals surface area (Å²) in [5.41, 5.74) is 6.07. The largest absolute Gasteiger partial charge is 0.496 e. The van der Waals surface area contributed by atoms with Gasteiger partial charge in [-0.1, -0.05) is 0 Å². The predicted octanol–water partition coefficient (Wildman–Crippen LogP) is 4.30. The maximum Gasteiger partial charge on any atom is 0.143 e. The molecule has 0 spiro atoms. The highest BCUT2D eigenvalue weighted by molar-refractivity contribution is 9.11. The quantitative estimate of drug-likeness (QED) is 0.594. The number of ether oxygens (including phenoxy) is 2. The van der Waals surface area contributed by atoms with Gasteiger partial charge >= 0.3 is 0 Å². The summed E-state index contributed by atoms with van der Waals surface area (Å²) in [7, 11) is 1.60. The first-order chi connectivity index (χ1) is 9.51. The van der Waals surface area contributed by atoms with Gasteiger partial charge in [-0.2, -0.15) is 0 Å². The molecule has 20 heavy (non-hydrogen) atoms. The molecule has 0 unspecified atom stereocenters. The van der Waals surface area contributed by atoms with Gasteiger partial charge in [-0.15, -0.1) is 0 Å². The van der Waals surface area contributed by atoms with Crippen LogP contribution >= 0.6 is 31.9 Å². The highest BCUT2D eigenvalue weighted by Crippen LogP contribution is 2.38. The molecule has 0 atom stereocenters. The first-order valence-corrected chi connectivity index (χ1v) is 7.25. The molecule has 0 bridgehead atoms. The van der Waals surface area contributed by atoms with E-state index >= 15 is 0 Å². The molecule has 0 aliphatic rings. The second kappa shape index (κ2) is 6.28. The zero-order chi connectivity index (χ0) is 14.7. The molecule has 0 aliphatic carbocycles. The molecule has 0 saturated heterocycles. The SMILES string of the molecule is COc1cc(Br)c(Oc2ccc(C(=N)N)cc2)cc1Br. The van der Waals surface area contributed by atoms with Gasteiger partial charge in [0.05, 0.1) is 16.1 Å². The number of amidine groups is 1. The number of nitrogen functional groups attached to an aromatic ring is 1. The topological polar surface area (TPSA) is 68.3 Å². The molecular weight excluding hydrogens is 388 g/mol. The predicted molar refractivity (Wildman–Crippen MR) is 85.9 cm³/mol. The minimum atomic E-state index is 0.0323. The second-order valence-electron chi connectivity index (χ2n) is 3.96. The van der Waals surface area contributed by atoms with E-state index < -0.39 is 0 Å². The number of hydrogen-bond donors (Lipinski definition) is 2. The average molecular weight is 400 g/mol. The molecule has 2 aromatic carbocycles. The van der Waals surface area contributed by atoms with Crippen molar-refractivity contribution < 1.29 is 9.47 Å². The van der Waals surface area contributed by atoms with E-state index in [1.807, 2.05) is 12.1 Å². The maximum absolute atomic E-state index is 7.34. The van der Waals surface area contributed by atoms with E-state index in [4.69, 9.17) is 20.6 Å². The first kappa shape index (κ1) is 14.9. The Morgan fingerprint density at radius 3 is 2.15 bits per heavy atom. The molecular formula is C14H12Br2N2O2. The van der Waals surface area contributed by atoms with Crippen LogP contribution in [0.2, 0.25) is 0 Å². The number of rotatable bonds is 4. The lowest BCUT2D eigenvalue weighted by Crippen LogP contribution is -2.10. The molecule has 2 aromatic rings. The Bertz CT molecular complexity index is 642. The van der Waals surface area contributed by atoms with E-state index in [0.717, 1.165) is 14.7 Å². The third kappa shape index (κ3) is 3.32. The summed E-state index contributed by atoms with van der Waals surface area (Å²) in [4.78, 5) is 0. The highest BCUT2D eigenvalue weighted by atomic mass is 79.9. The molecule has 0 radical (unpaired) electrons. The standard InChI is InChI=1S/C14H12Br2N2O2/c1-19-12-6-11(16)13(7-10(12)15)20-9-4-2-8(3-5-9)14(17)18/h2-7H,1H3,(H3,17,18). The third-order valence-corrected chi connectivity index (χ3v) is 3.84. The highest BCUT2D eigenvalue weighted by Gasteiger charge is 2.09. The number of benzene rings is 2. The second-order valence-corrected chi connectivity index (χ2v) is 5.67. The number of hydrogen-bond acceptors (Lipinski definition) is 3.